The lowest BCUT2D eigenvalue weighted by Gasteiger charge is -2.10. The summed E-state index contributed by atoms with van der Waals surface area (Å²) in [6, 6.07) is 12.6. The summed E-state index contributed by atoms with van der Waals surface area (Å²) < 4.78 is 22.8. The Balaban J connectivity index is 2.10. The highest BCUT2D eigenvalue weighted by Crippen LogP contribution is 2.19. The smallest absolute Gasteiger partial charge is 0.175 e. The molecule has 0 amide bonds. The van der Waals surface area contributed by atoms with Crippen LogP contribution in [0, 0.1) is 6.92 Å². The van der Waals surface area contributed by atoms with Crippen molar-refractivity contribution in [1.82, 2.24) is 0 Å². The second-order valence-electron chi connectivity index (χ2n) is 4.84. The van der Waals surface area contributed by atoms with Crippen LogP contribution in [0.2, 0.25) is 0 Å². The number of rotatable bonds is 4. The monoisotopic (exact) mass is 290 g/mol. The van der Waals surface area contributed by atoms with E-state index in [-0.39, 0.29) is 0 Å². The van der Waals surface area contributed by atoms with Gasteiger partial charge < -0.3 is 11.1 Å². The van der Waals surface area contributed by atoms with Gasteiger partial charge in [-0.25, -0.2) is 8.42 Å². The second-order valence-corrected chi connectivity index (χ2v) is 6.86. The molecule has 3 N–H and O–H groups in total. The molecular formula is C15H18N2O2S. The Morgan fingerprint density at radius 2 is 1.75 bits per heavy atom. The maximum Gasteiger partial charge on any atom is 0.175 e. The van der Waals surface area contributed by atoms with Gasteiger partial charge >= 0.3 is 0 Å². The second kappa shape index (κ2) is 5.54. The Kier molecular flexibility index (Phi) is 3.99. The number of aryl methyl sites for hydroxylation is 1. The molecule has 2 aromatic carbocycles. The van der Waals surface area contributed by atoms with Gasteiger partial charge in [0.05, 0.1) is 4.90 Å². The number of sulfone groups is 1. The van der Waals surface area contributed by atoms with Gasteiger partial charge in [-0.3, -0.25) is 0 Å². The van der Waals surface area contributed by atoms with E-state index < -0.39 is 9.84 Å². The van der Waals surface area contributed by atoms with E-state index in [9.17, 15) is 8.42 Å². The fourth-order valence-electron chi connectivity index (χ4n) is 1.88. The fraction of sp³-hybridized carbons (Fsp3) is 0.200. The van der Waals surface area contributed by atoms with Gasteiger partial charge in [-0.05, 0) is 42.3 Å². The lowest BCUT2D eigenvalue weighted by atomic mass is 10.1. The molecule has 0 radical (unpaired) electrons. The van der Waals surface area contributed by atoms with Crippen molar-refractivity contribution in [1.29, 1.82) is 0 Å². The average molecular weight is 290 g/mol. The quantitative estimate of drug-likeness (QED) is 0.849. The zero-order chi connectivity index (χ0) is 14.8. The zero-order valence-corrected chi connectivity index (χ0v) is 12.4. The number of nitrogen functional groups attached to an aromatic ring is 1. The highest BCUT2D eigenvalue weighted by Gasteiger charge is 2.06. The summed E-state index contributed by atoms with van der Waals surface area (Å²) in [5.74, 6) is 0. The van der Waals surface area contributed by atoms with Crippen LogP contribution in [0.1, 0.15) is 11.1 Å². The topological polar surface area (TPSA) is 72.2 Å². The molecule has 0 fully saturated rings. The molecule has 0 unspecified atom stereocenters. The first-order chi connectivity index (χ1) is 9.36. The largest absolute Gasteiger partial charge is 0.399 e. The molecule has 0 aliphatic carbocycles. The van der Waals surface area contributed by atoms with E-state index in [0.717, 1.165) is 16.8 Å². The first-order valence-electron chi connectivity index (χ1n) is 6.25. The minimum atomic E-state index is -3.14. The van der Waals surface area contributed by atoms with Crippen LogP contribution >= 0.6 is 0 Å². The predicted molar refractivity (Wildman–Crippen MR) is 82.5 cm³/mol. The fourth-order valence-corrected chi connectivity index (χ4v) is 2.51. The lowest BCUT2D eigenvalue weighted by Crippen LogP contribution is -2.03. The first kappa shape index (κ1) is 14.4. The van der Waals surface area contributed by atoms with Crippen LogP contribution in [-0.2, 0) is 16.4 Å². The SMILES string of the molecule is Cc1ccc(N)cc1NCc1ccc(S(C)(=O)=O)cc1. The Hall–Kier alpha value is -2.01. The van der Waals surface area contributed by atoms with E-state index >= 15 is 0 Å². The molecule has 4 nitrogen and oxygen atoms in total. The number of hydrogen-bond donors (Lipinski definition) is 2. The molecule has 0 heterocycles. The van der Waals surface area contributed by atoms with Gasteiger partial charge in [0.2, 0.25) is 0 Å². The number of nitrogens with one attached hydrogen (secondary N) is 1. The normalized spacial score (nSPS) is 11.3. The van der Waals surface area contributed by atoms with Crippen molar-refractivity contribution in [3.63, 3.8) is 0 Å². The van der Waals surface area contributed by atoms with Crippen LogP contribution in [0.3, 0.4) is 0 Å². The van der Waals surface area contributed by atoms with Gasteiger partial charge in [0.15, 0.2) is 9.84 Å². The molecule has 5 heteroatoms. The average Bonchev–Trinajstić information content (AvgIpc) is 2.39. The molecule has 2 rings (SSSR count). The summed E-state index contributed by atoms with van der Waals surface area (Å²) >= 11 is 0. The Morgan fingerprint density at radius 3 is 2.35 bits per heavy atom. The lowest BCUT2D eigenvalue weighted by molar-refractivity contribution is 0.602. The van der Waals surface area contributed by atoms with Gasteiger partial charge in [-0.2, -0.15) is 0 Å². The molecule has 0 spiro atoms. The number of hydrogen-bond acceptors (Lipinski definition) is 4. The van der Waals surface area contributed by atoms with Crippen LogP contribution in [0.25, 0.3) is 0 Å². The summed E-state index contributed by atoms with van der Waals surface area (Å²) in [6.45, 7) is 2.63. The van der Waals surface area contributed by atoms with Crippen molar-refractivity contribution >= 4 is 21.2 Å². The first-order valence-corrected chi connectivity index (χ1v) is 8.14. The standard InChI is InChI=1S/C15H18N2O2S/c1-11-3-6-13(16)9-15(11)17-10-12-4-7-14(8-5-12)20(2,18)19/h3-9,17H,10,16H2,1-2H3. The van der Waals surface area contributed by atoms with Crippen molar-refractivity contribution in [2.24, 2.45) is 0 Å². The third-order valence-electron chi connectivity index (χ3n) is 3.10. The zero-order valence-electron chi connectivity index (χ0n) is 11.6. The minimum Gasteiger partial charge on any atom is -0.399 e. The highest BCUT2D eigenvalue weighted by atomic mass is 32.2. The van der Waals surface area contributed by atoms with Crippen LogP contribution in [0.4, 0.5) is 11.4 Å². The van der Waals surface area contributed by atoms with Gasteiger partial charge in [0, 0.05) is 24.2 Å². The van der Waals surface area contributed by atoms with E-state index in [1.54, 1.807) is 12.1 Å². The van der Waals surface area contributed by atoms with E-state index in [4.69, 9.17) is 5.73 Å². The maximum absolute atomic E-state index is 11.4. The summed E-state index contributed by atoms with van der Waals surface area (Å²) in [4.78, 5) is 0.335. The van der Waals surface area contributed by atoms with Gasteiger partial charge in [0.1, 0.15) is 0 Å². The van der Waals surface area contributed by atoms with Crippen LogP contribution < -0.4 is 11.1 Å². The Labute approximate surface area is 119 Å². The molecule has 0 bridgehead atoms. The van der Waals surface area contributed by atoms with Gasteiger partial charge in [-0.1, -0.05) is 18.2 Å². The third kappa shape index (κ3) is 3.51. The molecule has 0 saturated heterocycles. The van der Waals surface area contributed by atoms with Gasteiger partial charge in [0.25, 0.3) is 0 Å². The molecule has 0 aliphatic heterocycles. The van der Waals surface area contributed by atoms with Crippen molar-refractivity contribution in [3.05, 3.63) is 53.6 Å². The van der Waals surface area contributed by atoms with Crippen LogP contribution in [-0.4, -0.2) is 14.7 Å². The maximum atomic E-state index is 11.4. The molecule has 106 valence electrons. The van der Waals surface area contributed by atoms with Crippen LogP contribution in [0.5, 0.6) is 0 Å². The Bertz CT molecular complexity index is 707. The van der Waals surface area contributed by atoms with Crippen molar-refractivity contribution in [2.75, 3.05) is 17.3 Å². The van der Waals surface area contributed by atoms with Crippen molar-refractivity contribution in [2.45, 2.75) is 18.4 Å². The van der Waals surface area contributed by atoms with E-state index in [0.29, 0.717) is 17.1 Å². The Morgan fingerprint density at radius 1 is 1.10 bits per heavy atom. The van der Waals surface area contributed by atoms with Crippen molar-refractivity contribution in [3.8, 4) is 0 Å². The molecule has 0 aliphatic rings. The molecule has 0 atom stereocenters. The van der Waals surface area contributed by atoms with E-state index in [2.05, 4.69) is 5.32 Å². The molecule has 0 aromatic heterocycles. The molecule has 2 aromatic rings. The minimum absolute atomic E-state index is 0.335. The van der Waals surface area contributed by atoms with Crippen molar-refractivity contribution < 1.29 is 8.42 Å². The molecule has 0 saturated carbocycles. The molecular weight excluding hydrogens is 272 g/mol. The van der Waals surface area contributed by atoms with Gasteiger partial charge in [-0.15, -0.1) is 0 Å². The third-order valence-corrected chi connectivity index (χ3v) is 4.22. The highest BCUT2D eigenvalue weighted by molar-refractivity contribution is 7.90. The summed E-state index contributed by atoms with van der Waals surface area (Å²) in [5, 5.41) is 3.30. The van der Waals surface area contributed by atoms with E-state index in [1.165, 1.54) is 6.26 Å². The summed E-state index contributed by atoms with van der Waals surface area (Å²) in [6.07, 6.45) is 1.20. The number of benzene rings is 2. The number of nitrogens with two attached hydrogens (primary N) is 1. The predicted octanol–water partition coefficient (Wildman–Crippen LogP) is 2.59. The van der Waals surface area contributed by atoms with E-state index in [1.807, 2.05) is 37.3 Å². The summed E-state index contributed by atoms with van der Waals surface area (Å²) in [7, 11) is -3.14. The van der Waals surface area contributed by atoms with Crippen LogP contribution in [0.15, 0.2) is 47.4 Å². The number of anilines is 2. The molecule has 20 heavy (non-hydrogen) atoms. The summed E-state index contributed by atoms with van der Waals surface area (Å²) in [5.41, 5.74) is 9.59.